The van der Waals surface area contributed by atoms with Gasteiger partial charge >= 0.3 is 0 Å². The second kappa shape index (κ2) is 11.7. The monoisotopic (exact) mass is 734 g/mol. The summed E-state index contributed by atoms with van der Waals surface area (Å²) in [5, 5.41) is 7.83. The van der Waals surface area contributed by atoms with Gasteiger partial charge in [-0.2, -0.15) is 0 Å². The number of imidazole rings is 1. The lowest BCUT2D eigenvalue weighted by atomic mass is 9.70. The first-order chi connectivity index (χ1) is 28.8. The number of para-hydroxylation sites is 3. The van der Waals surface area contributed by atoms with Gasteiger partial charge in [0.15, 0.2) is 0 Å². The van der Waals surface area contributed by atoms with E-state index >= 15 is 0 Å². The van der Waals surface area contributed by atoms with Crippen LogP contribution in [0.25, 0.3) is 93.8 Å². The maximum atomic E-state index is 5.12. The van der Waals surface area contributed by atoms with Gasteiger partial charge in [-0.15, -0.1) is 0 Å². The van der Waals surface area contributed by atoms with Gasteiger partial charge in [-0.25, -0.2) is 4.98 Å². The molecule has 58 heavy (non-hydrogen) atoms. The van der Waals surface area contributed by atoms with Crippen LogP contribution in [0.15, 0.2) is 206 Å². The molecule has 1 aromatic heterocycles. The smallest absolute Gasteiger partial charge is 0.145 e. The van der Waals surface area contributed by atoms with Gasteiger partial charge in [0.25, 0.3) is 0 Å². The quantitative estimate of drug-likeness (QED) is 0.165. The van der Waals surface area contributed by atoms with Crippen molar-refractivity contribution in [3.05, 3.63) is 229 Å². The van der Waals surface area contributed by atoms with Crippen LogP contribution in [0.3, 0.4) is 0 Å². The number of hydrogen-bond donors (Lipinski definition) is 0. The van der Waals surface area contributed by atoms with E-state index in [1.165, 1.54) is 88.0 Å². The Morgan fingerprint density at radius 2 is 0.828 bits per heavy atom. The number of hydrogen-bond acceptors (Lipinski definition) is 1. The van der Waals surface area contributed by atoms with Crippen molar-refractivity contribution in [3.63, 3.8) is 0 Å². The number of nitrogens with zero attached hydrogens (tertiary/aromatic N) is 2. The van der Waals surface area contributed by atoms with Crippen LogP contribution in [-0.2, 0) is 5.41 Å². The van der Waals surface area contributed by atoms with E-state index in [2.05, 4.69) is 211 Å². The SMILES string of the molecule is c1ccc(-n2c(-c3ccc(-c4ccc5c(c4)-c4ccccc4C54c5ccccc5-c5cc6c7ccccc7c7ccccc7c6cc54)cc3)nc3ccccc32)cc1. The molecule has 11 aromatic rings. The predicted molar refractivity (Wildman–Crippen MR) is 241 cm³/mol. The zero-order chi connectivity index (χ0) is 38.0. The molecule has 0 bridgehead atoms. The number of aromatic nitrogens is 2. The molecule has 0 aliphatic heterocycles. The fourth-order valence-corrected chi connectivity index (χ4v) is 10.6. The maximum absolute atomic E-state index is 5.12. The third kappa shape index (κ3) is 4.13. The van der Waals surface area contributed by atoms with E-state index in [1.807, 2.05) is 0 Å². The van der Waals surface area contributed by atoms with Crippen molar-refractivity contribution in [2.45, 2.75) is 5.41 Å². The number of fused-ring (bicyclic) bond motifs is 17. The van der Waals surface area contributed by atoms with Gasteiger partial charge in [0.2, 0.25) is 0 Å². The second-order valence-electron chi connectivity index (χ2n) is 15.8. The highest BCUT2D eigenvalue weighted by molar-refractivity contribution is 6.26. The molecule has 1 heterocycles. The molecule has 0 amide bonds. The van der Waals surface area contributed by atoms with Gasteiger partial charge in [0.05, 0.1) is 16.4 Å². The van der Waals surface area contributed by atoms with Crippen molar-refractivity contribution in [2.24, 2.45) is 0 Å². The molecule has 268 valence electrons. The van der Waals surface area contributed by atoms with Crippen LogP contribution < -0.4 is 0 Å². The van der Waals surface area contributed by atoms with E-state index in [1.54, 1.807) is 0 Å². The summed E-state index contributed by atoms with van der Waals surface area (Å²) in [4.78, 5) is 5.12. The van der Waals surface area contributed by atoms with E-state index in [-0.39, 0.29) is 0 Å². The minimum absolute atomic E-state index is 0.433. The normalized spacial score (nSPS) is 15.0. The largest absolute Gasteiger partial charge is 0.292 e. The Morgan fingerprint density at radius 3 is 1.52 bits per heavy atom. The fraction of sp³-hybridized carbons (Fsp3) is 0.0179. The predicted octanol–water partition coefficient (Wildman–Crippen LogP) is 14.2. The Balaban J connectivity index is 1.01. The Morgan fingerprint density at radius 1 is 0.328 bits per heavy atom. The molecule has 0 N–H and O–H groups in total. The van der Waals surface area contributed by atoms with Crippen LogP contribution in [0, 0.1) is 0 Å². The van der Waals surface area contributed by atoms with E-state index in [4.69, 9.17) is 4.98 Å². The molecular weight excluding hydrogens is 701 g/mol. The molecule has 2 nitrogen and oxygen atoms in total. The lowest BCUT2D eigenvalue weighted by Gasteiger charge is -2.31. The van der Waals surface area contributed by atoms with Crippen molar-refractivity contribution in [1.82, 2.24) is 9.55 Å². The molecule has 0 saturated carbocycles. The summed E-state index contributed by atoms with van der Waals surface area (Å²) in [7, 11) is 0. The van der Waals surface area contributed by atoms with Crippen molar-refractivity contribution < 1.29 is 0 Å². The molecular formula is C56H34N2. The summed E-state index contributed by atoms with van der Waals surface area (Å²) in [5.74, 6) is 0.940. The van der Waals surface area contributed by atoms with E-state index in [0.717, 1.165) is 28.1 Å². The van der Waals surface area contributed by atoms with Crippen LogP contribution in [0.1, 0.15) is 22.3 Å². The van der Waals surface area contributed by atoms with Gasteiger partial charge in [0, 0.05) is 11.3 Å². The molecule has 2 aliphatic rings. The molecule has 0 radical (unpaired) electrons. The van der Waals surface area contributed by atoms with Crippen molar-refractivity contribution >= 4 is 43.4 Å². The molecule has 0 fully saturated rings. The van der Waals surface area contributed by atoms with Gasteiger partial charge in [-0.1, -0.05) is 164 Å². The highest BCUT2D eigenvalue weighted by Gasteiger charge is 2.51. The topological polar surface area (TPSA) is 17.8 Å². The first kappa shape index (κ1) is 31.6. The van der Waals surface area contributed by atoms with Crippen molar-refractivity contribution in [2.75, 3.05) is 0 Å². The highest BCUT2D eigenvalue weighted by atomic mass is 15.1. The molecule has 2 aliphatic carbocycles. The van der Waals surface area contributed by atoms with Crippen LogP contribution in [0.5, 0.6) is 0 Å². The highest BCUT2D eigenvalue weighted by Crippen LogP contribution is 2.63. The molecule has 10 aromatic carbocycles. The average Bonchev–Trinajstić information content (AvgIpc) is 3.93. The maximum Gasteiger partial charge on any atom is 0.145 e. The zero-order valence-electron chi connectivity index (χ0n) is 31.5. The van der Waals surface area contributed by atoms with Crippen LogP contribution in [-0.4, -0.2) is 9.55 Å². The molecule has 1 spiro atoms. The van der Waals surface area contributed by atoms with Gasteiger partial charge in [0.1, 0.15) is 5.82 Å². The van der Waals surface area contributed by atoms with Crippen LogP contribution in [0.4, 0.5) is 0 Å². The molecule has 0 saturated heterocycles. The average molecular weight is 735 g/mol. The lowest BCUT2D eigenvalue weighted by Crippen LogP contribution is -2.25. The first-order valence-corrected chi connectivity index (χ1v) is 20.1. The lowest BCUT2D eigenvalue weighted by molar-refractivity contribution is 0.795. The molecule has 1 unspecified atom stereocenters. The molecule has 1 atom stereocenters. The Hall–Kier alpha value is -7.55. The van der Waals surface area contributed by atoms with E-state index < -0.39 is 5.41 Å². The molecule has 13 rings (SSSR count). The Bertz CT molecular complexity index is 3500. The van der Waals surface area contributed by atoms with Crippen molar-refractivity contribution in [3.8, 4) is 50.5 Å². The molecule has 2 heteroatoms. The summed E-state index contributed by atoms with van der Waals surface area (Å²) >= 11 is 0. The number of benzene rings is 10. The van der Waals surface area contributed by atoms with Gasteiger partial charge in [-0.05, 0) is 130 Å². The van der Waals surface area contributed by atoms with Gasteiger partial charge < -0.3 is 0 Å². The minimum Gasteiger partial charge on any atom is -0.292 e. The van der Waals surface area contributed by atoms with Gasteiger partial charge in [-0.3, -0.25) is 4.57 Å². The summed E-state index contributed by atoms with van der Waals surface area (Å²) in [6.07, 6.45) is 0. The minimum atomic E-state index is -0.433. The Labute approximate surface area is 335 Å². The second-order valence-corrected chi connectivity index (χ2v) is 15.8. The summed E-state index contributed by atoms with van der Waals surface area (Å²) < 4.78 is 2.27. The standard InChI is InChI=1S/C56H34N2/c1-2-14-38(15-3-1)58-54-25-13-12-24-53(54)57-55(58)36-28-26-35(27-29-36)37-30-31-51-47(32-37)43-20-8-10-22-49(43)56(51)50-23-11-9-21-44(50)48-33-45-41-18-6-4-16-39(41)40-17-5-7-19-42(40)46(45)34-52(48)56/h1-34H. The number of rotatable bonds is 3. The van der Waals surface area contributed by atoms with Crippen molar-refractivity contribution in [1.29, 1.82) is 0 Å². The third-order valence-corrected chi connectivity index (χ3v) is 13.0. The summed E-state index contributed by atoms with van der Waals surface area (Å²) in [5.41, 5.74) is 16.9. The fourth-order valence-electron chi connectivity index (χ4n) is 10.6. The summed E-state index contributed by atoms with van der Waals surface area (Å²) in [6, 6.07) is 76.2. The first-order valence-electron chi connectivity index (χ1n) is 20.1. The summed E-state index contributed by atoms with van der Waals surface area (Å²) in [6.45, 7) is 0. The van der Waals surface area contributed by atoms with E-state index in [0.29, 0.717) is 0 Å². The third-order valence-electron chi connectivity index (χ3n) is 13.0. The van der Waals surface area contributed by atoms with Crippen LogP contribution in [0.2, 0.25) is 0 Å². The Kier molecular flexibility index (Phi) is 6.40. The van der Waals surface area contributed by atoms with E-state index in [9.17, 15) is 0 Å². The van der Waals surface area contributed by atoms with Crippen LogP contribution >= 0.6 is 0 Å². The zero-order valence-corrected chi connectivity index (χ0v) is 31.5.